The summed E-state index contributed by atoms with van der Waals surface area (Å²) in [6.45, 7) is 0.484. The third kappa shape index (κ3) is 3.18. The number of hydrogen-bond donors (Lipinski definition) is 2. The molecule has 2 aromatic rings. The van der Waals surface area contributed by atoms with Crippen LogP contribution < -0.4 is 16.0 Å². The van der Waals surface area contributed by atoms with Crippen molar-refractivity contribution >= 4 is 11.6 Å². The Morgan fingerprint density at radius 2 is 2.29 bits per heavy atom. The minimum absolute atomic E-state index is 0.0279. The van der Waals surface area contributed by atoms with E-state index in [4.69, 9.17) is 22.2 Å². The van der Waals surface area contributed by atoms with Gasteiger partial charge in [-0.05, 0) is 42.7 Å². The summed E-state index contributed by atoms with van der Waals surface area (Å²) in [5.74, 6) is 6.75. The van der Waals surface area contributed by atoms with Crippen molar-refractivity contribution in [1.29, 1.82) is 0 Å². The number of pyridine rings is 1. The van der Waals surface area contributed by atoms with Crippen LogP contribution in [0.4, 0.5) is 0 Å². The molecule has 2 unspecified atom stereocenters. The van der Waals surface area contributed by atoms with E-state index in [2.05, 4.69) is 16.5 Å². The SMILES string of the molecule is NNC(COc1cccc(Cl)c1)C1CCc2cccnc21. The molecule has 2 atom stereocenters. The number of rotatable bonds is 5. The predicted octanol–water partition coefficient (Wildman–Crippen LogP) is 2.68. The molecule has 3 rings (SSSR count). The number of hydrazine groups is 1. The lowest BCUT2D eigenvalue weighted by Crippen LogP contribution is -2.43. The highest BCUT2D eigenvalue weighted by Gasteiger charge is 2.30. The first-order valence-corrected chi connectivity index (χ1v) is 7.44. The van der Waals surface area contributed by atoms with Gasteiger partial charge in [0.1, 0.15) is 12.4 Å². The number of fused-ring (bicyclic) bond motifs is 1. The summed E-state index contributed by atoms with van der Waals surface area (Å²) in [5.41, 5.74) is 5.32. The molecule has 21 heavy (non-hydrogen) atoms. The second-order valence-corrected chi connectivity index (χ2v) is 5.67. The van der Waals surface area contributed by atoms with E-state index < -0.39 is 0 Å². The van der Waals surface area contributed by atoms with Gasteiger partial charge in [0.25, 0.3) is 0 Å². The molecule has 0 radical (unpaired) electrons. The van der Waals surface area contributed by atoms with Crippen molar-refractivity contribution in [2.75, 3.05) is 6.61 Å². The maximum absolute atomic E-state index is 5.96. The molecule has 1 aromatic heterocycles. The van der Waals surface area contributed by atoms with Crippen molar-refractivity contribution in [3.8, 4) is 5.75 Å². The lowest BCUT2D eigenvalue weighted by atomic mass is 9.98. The molecule has 3 N–H and O–H groups in total. The summed E-state index contributed by atoms with van der Waals surface area (Å²) in [6, 6.07) is 11.5. The molecule has 1 heterocycles. The summed E-state index contributed by atoms with van der Waals surface area (Å²) < 4.78 is 5.81. The van der Waals surface area contributed by atoms with Gasteiger partial charge in [0, 0.05) is 22.8 Å². The topological polar surface area (TPSA) is 60.2 Å². The summed E-state index contributed by atoms with van der Waals surface area (Å²) in [7, 11) is 0. The zero-order valence-corrected chi connectivity index (χ0v) is 12.4. The lowest BCUT2D eigenvalue weighted by molar-refractivity contribution is 0.242. The molecule has 0 amide bonds. The Morgan fingerprint density at radius 3 is 3.10 bits per heavy atom. The monoisotopic (exact) mass is 303 g/mol. The average Bonchev–Trinajstić information content (AvgIpc) is 2.92. The first kappa shape index (κ1) is 14.3. The van der Waals surface area contributed by atoms with Gasteiger partial charge in [0.05, 0.1) is 6.04 Å². The van der Waals surface area contributed by atoms with Crippen LogP contribution in [0.2, 0.25) is 5.02 Å². The van der Waals surface area contributed by atoms with Crippen molar-refractivity contribution in [2.45, 2.75) is 24.8 Å². The van der Waals surface area contributed by atoms with Crippen molar-refractivity contribution < 1.29 is 4.74 Å². The first-order chi connectivity index (χ1) is 10.3. The second kappa shape index (κ2) is 6.43. The van der Waals surface area contributed by atoms with Gasteiger partial charge in [-0.25, -0.2) is 0 Å². The fourth-order valence-electron chi connectivity index (χ4n) is 2.86. The van der Waals surface area contributed by atoms with Gasteiger partial charge in [-0.1, -0.05) is 23.7 Å². The Morgan fingerprint density at radius 1 is 1.38 bits per heavy atom. The van der Waals surface area contributed by atoms with Crippen LogP contribution in [0.3, 0.4) is 0 Å². The molecule has 1 aliphatic rings. The fourth-order valence-corrected chi connectivity index (χ4v) is 3.04. The van der Waals surface area contributed by atoms with E-state index in [1.54, 1.807) is 6.07 Å². The van der Waals surface area contributed by atoms with Gasteiger partial charge in [-0.2, -0.15) is 0 Å². The van der Waals surface area contributed by atoms with Crippen molar-refractivity contribution in [3.05, 3.63) is 58.9 Å². The minimum Gasteiger partial charge on any atom is -0.492 e. The highest BCUT2D eigenvalue weighted by Crippen LogP contribution is 2.33. The number of benzene rings is 1. The van der Waals surface area contributed by atoms with Gasteiger partial charge in [0.15, 0.2) is 0 Å². The van der Waals surface area contributed by atoms with Crippen LogP contribution in [0.5, 0.6) is 5.75 Å². The van der Waals surface area contributed by atoms with Gasteiger partial charge < -0.3 is 4.74 Å². The number of hydrogen-bond acceptors (Lipinski definition) is 4. The molecule has 0 saturated carbocycles. The number of aromatic nitrogens is 1. The first-order valence-electron chi connectivity index (χ1n) is 7.06. The Hall–Kier alpha value is -1.62. The van der Waals surface area contributed by atoms with Crippen LogP contribution >= 0.6 is 11.6 Å². The number of aryl methyl sites for hydroxylation is 1. The van der Waals surface area contributed by atoms with Crippen LogP contribution in [-0.2, 0) is 6.42 Å². The number of ether oxygens (including phenoxy) is 1. The number of nitrogens with zero attached hydrogens (tertiary/aromatic N) is 1. The van der Waals surface area contributed by atoms with Gasteiger partial charge >= 0.3 is 0 Å². The Labute approximate surface area is 129 Å². The molecule has 0 saturated heterocycles. The van der Waals surface area contributed by atoms with Crippen LogP contribution in [0.25, 0.3) is 0 Å². The molecule has 0 fully saturated rings. The standard InChI is InChI=1S/C16H18ClN3O/c17-12-4-1-5-13(9-12)21-10-15(20-18)14-7-6-11-3-2-8-19-16(11)14/h1-5,8-9,14-15,20H,6-7,10,18H2. The summed E-state index contributed by atoms with van der Waals surface area (Å²) in [5, 5.41) is 0.664. The highest BCUT2D eigenvalue weighted by molar-refractivity contribution is 6.30. The van der Waals surface area contributed by atoms with Crippen molar-refractivity contribution in [2.24, 2.45) is 5.84 Å². The summed E-state index contributed by atoms with van der Waals surface area (Å²) >= 11 is 5.96. The molecule has 1 aromatic carbocycles. The smallest absolute Gasteiger partial charge is 0.120 e. The molecule has 0 aliphatic heterocycles. The van der Waals surface area contributed by atoms with Gasteiger partial charge in [-0.15, -0.1) is 0 Å². The molecular formula is C16H18ClN3O. The largest absolute Gasteiger partial charge is 0.492 e. The van der Waals surface area contributed by atoms with E-state index >= 15 is 0 Å². The molecule has 4 nitrogen and oxygen atoms in total. The Balaban J connectivity index is 1.69. The highest BCUT2D eigenvalue weighted by atomic mass is 35.5. The summed E-state index contributed by atoms with van der Waals surface area (Å²) in [6.07, 6.45) is 3.92. The molecule has 0 spiro atoms. The molecule has 110 valence electrons. The zero-order chi connectivity index (χ0) is 14.7. The second-order valence-electron chi connectivity index (χ2n) is 5.23. The van der Waals surface area contributed by atoms with Crippen LogP contribution in [-0.4, -0.2) is 17.6 Å². The van der Waals surface area contributed by atoms with E-state index in [-0.39, 0.29) is 12.0 Å². The quantitative estimate of drug-likeness (QED) is 0.658. The van der Waals surface area contributed by atoms with Crippen molar-refractivity contribution in [3.63, 3.8) is 0 Å². The zero-order valence-electron chi connectivity index (χ0n) is 11.6. The maximum Gasteiger partial charge on any atom is 0.120 e. The van der Waals surface area contributed by atoms with Crippen LogP contribution in [0, 0.1) is 0 Å². The van der Waals surface area contributed by atoms with Gasteiger partial charge in [-0.3, -0.25) is 16.3 Å². The lowest BCUT2D eigenvalue weighted by Gasteiger charge is -2.23. The molecule has 1 aliphatic carbocycles. The van der Waals surface area contributed by atoms with Crippen molar-refractivity contribution in [1.82, 2.24) is 10.4 Å². The van der Waals surface area contributed by atoms with E-state index in [1.807, 2.05) is 30.5 Å². The normalized spacial score (nSPS) is 18.3. The Kier molecular flexibility index (Phi) is 4.39. The number of halogens is 1. The van der Waals surface area contributed by atoms with E-state index in [9.17, 15) is 0 Å². The van der Waals surface area contributed by atoms with Crippen LogP contribution in [0.1, 0.15) is 23.6 Å². The van der Waals surface area contributed by atoms with E-state index in [0.29, 0.717) is 11.6 Å². The Bertz CT molecular complexity index is 620. The van der Waals surface area contributed by atoms with Gasteiger partial charge in [0.2, 0.25) is 0 Å². The number of nitrogens with two attached hydrogens (primary N) is 1. The maximum atomic E-state index is 5.96. The minimum atomic E-state index is 0.0279. The molecule has 0 bridgehead atoms. The average molecular weight is 304 g/mol. The third-order valence-corrected chi connectivity index (χ3v) is 4.16. The summed E-state index contributed by atoms with van der Waals surface area (Å²) in [4.78, 5) is 4.51. The van der Waals surface area contributed by atoms with E-state index in [0.717, 1.165) is 24.3 Å². The fraction of sp³-hybridized carbons (Fsp3) is 0.312. The molecule has 5 heteroatoms. The molecular weight excluding hydrogens is 286 g/mol. The number of nitrogens with one attached hydrogen (secondary N) is 1. The van der Waals surface area contributed by atoms with E-state index in [1.165, 1.54) is 5.56 Å². The van der Waals surface area contributed by atoms with Crippen LogP contribution in [0.15, 0.2) is 42.6 Å². The predicted molar refractivity (Wildman–Crippen MR) is 83.4 cm³/mol. The third-order valence-electron chi connectivity index (χ3n) is 3.93.